The van der Waals surface area contributed by atoms with Crippen molar-refractivity contribution in [2.24, 2.45) is 34.0 Å². The topological polar surface area (TPSA) is 89.9 Å². The van der Waals surface area contributed by atoms with E-state index in [-0.39, 0.29) is 18.4 Å². The van der Waals surface area contributed by atoms with E-state index in [1.54, 1.807) is 20.8 Å². The molecule has 0 saturated heterocycles. The van der Waals surface area contributed by atoms with Crippen molar-refractivity contribution in [3.63, 3.8) is 0 Å². The Morgan fingerprint density at radius 1 is 0.738 bits per heavy atom. The van der Waals surface area contributed by atoms with E-state index in [0.29, 0.717) is 25.0 Å². The first-order valence-electron chi connectivity index (χ1n) is 16.7. The summed E-state index contributed by atoms with van der Waals surface area (Å²) in [5.41, 5.74) is -1.20. The molecule has 0 aliphatic rings. The SMILES string of the molecule is CCCCOC(=O)C(C)CC(C)(C)C(CC(C)(C)C(=O)OCCCCCCSCCCC(C)C(C)(C)CCC)C(=O)O. The van der Waals surface area contributed by atoms with Crippen LogP contribution in [0.15, 0.2) is 0 Å². The minimum atomic E-state index is -0.958. The molecule has 3 atom stereocenters. The molecule has 0 saturated carbocycles. The van der Waals surface area contributed by atoms with Crippen molar-refractivity contribution in [3.8, 4) is 0 Å². The molecular formula is C35H66O6S. The van der Waals surface area contributed by atoms with E-state index in [2.05, 4.69) is 39.5 Å². The number of ether oxygens (including phenoxy) is 2. The second-order valence-electron chi connectivity index (χ2n) is 14.5. The minimum absolute atomic E-state index is 0.151. The van der Waals surface area contributed by atoms with Crippen LogP contribution in [0.5, 0.6) is 0 Å². The van der Waals surface area contributed by atoms with E-state index in [1.807, 2.05) is 20.8 Å². The molecule has 3 unspecified atom stereocenters. The number of aliphatic carboxylic acids is 1. The predicted octanol–water partition coefficient (Wildman–Crippen LogP) is 9.58. The Morgan fingerprint density at radius 2 is 1.33 bits per heavy atom. The molecule has 0 fully saturated rings. The number of carbonyl (C=O) groups is 3. The van der Waals surface area contributed by atoms with E-state index >= 15 is 0 Å². The summed E-state index contributed by atoms with van der Waals surface area (Å²) < 4.78 is 10.9. The molecule has 0 aromatic rings. The van der Waals surface area contributed by atoms with Gasteiger partial charge in [-0.2, -0.15) is 11.8 Å². The van der Waals surface area contributed by atoms with Gasteiger partial charge in [0.1, 0.15) is 0 Å². The number of esters is 2. The van der Waals surface area contributed by atoms with Crippen LogP contribution < -0.4 is 0 Å². The van der Waals surface area contributed by atoms with Gasteiger partial charge in [0.25, 0.3) is 0 Å². The third-order valence-electron chi connectivity index (χ3n) is 9.06. The van der Waals surface area contributed by atoms with E-state index in [4.69, 9.17) is 9.47 Å². The summed E-state index contributed by atoms with van der Waals surface area (Å²) >= 11 is 2.05. The Bertz CT molecular complexity index is 775. The number of hydrogen-bond acceptors (Lipinski definition) is 6. The van der Waals surface area contributed by atoms with Crippen LogP contribution in [0.1, 0.15) is 146 Å². The molecule has 1 N–H and O–H groups in total. The monoisotopic (exact) mass is 614 g/mol. The number of thioether (sulfide) groups is 1. The van der Waals surface area contributed by atoms with Gasteiger partial charge in [-0.1, -0.05) is 81.1 Å². The average molecular weight is 615 g/mol. The van der Waals surface area contributed by atoms with E-state index in [9.17, 15) is 19.5 Å². The van der Waals surface area contributed by atoms with Crippen LogP contribution in [-0.2, 0) is 23.9 Å². The van der Waals surface area contributed by atoms with Gasteiger partial charge in [-0.3, -0.25) is 14.4 Å². The summed E-state index contributed by atoms with van der Waals surface area (Å²) in [6.07, 6.45) is 11.6. The number of carboxylic acid groups (broad SMARTS) is 1. The highest BCUT2D eigenvalue weighted by atomic mass is 32.2. The van der Waals surface area contributed by atoms with Crippen molar-refractivity contribution in [3.05, 3.63) is 0 Å². The van der Waals surface area contributed by atoms with Crippen LogP contribution in [-0.4, -0.2) is 47.7 Å². The Labute approximate surface area is 263 Å². The first-order chi connectivity index (χ1) is 19.5. The standard InChI is InChI=1S/C35H66O6S/c1-11-13-21-40-31(38)27(3)25-34(7,8)29(30(36)37)26-35(9,10)32(39)41-22-16-14-15-17-23-42-24-18-19-28(4)33(5,6)20-12-2/h27-29H,11-26H2,1-10H3,(H,36,37). The Morgan fingerprint density at radius 3 is 1.93 bits per heavy atom. The lowest BCUT2D eigenvalue weighted by molar-refractivity contribution is -0.160. The largest absolute Gasteiger partial charge is 0.481 e. The Balaban J connectivity index is 4.41. The lowest BCUT2D eigenvalue weighted by Gasteiger charge is -2.37. The zero-order valence-electron chi connectivity index (χ0n) is 28.9. The smallest absolute Gasteiger partial charge is 0.311 e. The third-order valence-corrected chi connectivity index (χ3v) is 10.2. The van der Waals surface area contributed by atoms with Crippen molar-refractivity contribution in [2.45, 2.75) is 146 Å². The summed E-state index contributed by atoms with van der Waals surface area (Å²) in [5, 5.41) is 10.0. The average Bonchev–Trinajstić information content (AvgIpc) is 2.89. The van der Waals surface area contributed by atoms with Gasteiger partial charge in [0.05, 0.1) is 30.5 Å². The summed E-state index contributed by atoms with van der Waals surface area (Å²) in [5.74, 6) is 0.351. The van der Waals surface area contributed by atoms with Crippen LogP contribution in [0.3, 0.4) is 0 Å². The van der Waals surface area contributed by atoms with Crippen molar-refractivity contribution < 1.29 is 29.0 Å². The van der Waals surface area contributed by atoms with Crippen molar-refractivity contribution in [1.82, 2.24) is 0 Å². The van der Waals surface area contributed by atoms with Crippen LogP contribution >= 0.6 is 11.8 Å². The number of carboxylic acids is 1. The molecule has 0 aliphatic heterocycles. The molecule has 0 aromatic carbocycles. The number of carbonyl (C=O) groups excluding carboxylic acids is 2. The van der Waals surface area contributed by atoms with Gasteiger partial charge in [0.2, 0.25) is 0 Å². The van der Waals surface area contributed by atoms with Gasteiger partial charge >= 0.3 is 17.9 Å². The molecular weight excluding hydrogens is 548 g/mol. The van der Waals surface area contributed by atoms with Crippen molar-refractivity contribution in [2.75, 3.05) is 24.7 Å². The predicted molar refractivity (Wildman–Crippen MR) is 177 cm³/mol. The van der Waals surface area contributed by atoms with Gasteiger partial charge in [0, 0.05) is 0 Å². The fourth-order valence-corrected chi connectivity index (χ4v) is 6.64. The molecule has 0 bridgehead atoms. The zero-order chi connectivity index (χ0) is 32.4. The fourth-order valence-electron chi connectivity index (χ4n) is 5.66. The van der Waals surface area contributed by atoms with Crippen LogP contribution in [0.2, 0.25) is 0 Å². The van der Waals surface area contributed by atoms with Gasteiger partial charge < -0.3 is 14.6 Å². The summed E-state index contributed by atoms with van der Waals surface area (Å²) in [6, 6.07) is 0. The normalized spacial score (nSPS) is 14.7. The lowest BCUT2D eigenvalue weighted by atomic mass is 9.67. The Kier molecular flexibility index (Phi) is 20.1. The summed E-state index contributed by atoms with van der Waals surface area (Å²) in [6.45, 7) is 21.3. The first-order valence-corrected chi connectivity index (χ1v) is 17.8. The molecule has 248 valence electrons. The summed E-state index contributed by atoms with van der Waals surface area (Å²) in [4.78, 5) is 37.6. The number of hydrogen-bond donors (Lipinski definition) is 1. The maximum atomic E-state index is 12.9. The summed E-state index contributed by atoms with van der Waals surface area (Å²) in [7, 11) is 0. The van der Waals surface area contributed by atoms with Crippen LogP contribution in [0.25, 0.3) is 0 Å². The van der Waals surface area contributed by atoms with Crippen molar-refractivity contribution >= 4 is 29.7 Å². The molecule has 0 radical (unpaired) electrons. The highest BCUT2D eigenvalue weighted by Crippen LogP contribution is 2.42. The van der Waals surface area contributed by atoms with E-state index in [0.717, 1.165) is 38.0 Å². The quantitative estimate of drug-likeness (QED) is 0.0809. The molecule has 0 aromatic heterocycles. The highest BCUT2D eigenvalue weighted by Gasteiger charge is 2.43. The molecule has 6 nitrogen and oxygen atoms in total. The molecule has 0 amide bonds. The highest BCUT2D eigenvalue weighted by molar-refractivity contribution is 7.99. The van der Waals surface area contributed by atoms with E-state index < -0.39 is 28.6 Å². The molecule has 7 heteroatoms. The van der Waals surface area contributed by atoms with Gasteiger partial charge in [-0.25, -0.2) is 0 Å². The molecule has 0 spiro atoms. The molecule has 42 heavy (non-hydrogen) atoms. The second kappa shape index (κ2) is 20.7. The van der Waals surface area contributed by atoms with E-state index in [1.165, 1.54) is 43.6 Å². The van der Waals surface area contributed by atoms with Gasteiger partial charge in [-0.05, 0) is 93.5 Å². The third kappa shape index (κ3) is 16.6. The van der Waals surface area contributed by atoms with Gasteiger partial charge in [-0.15, -0.1) is 0 Å². The minimum Gasteiger partial charge on any atom is -0.481 e. The maximum absolute atomic E-state index is 12.9. The molecule has 0 heterocycles. The fraction of sp³-hybridized carbons (Fsp3) is 0.914. The molecule has 0 aliphatic carbocycles. The number of rotatable bonds is 25. The number of unbranched alkanes of at least 4 members (excludes halogenated alkanes) is 4. The first kappa shape index (κ1) is 40.8. The van der Waals surface area contributed by atoms with Crippen LogP contribution in [0.4, 0.5) is 0 Å². The maximum Gasteiger partial charge on any atom is 0.311 e. The van der Waals surface area contributed by atoms with Gasteiger partial charge in [0.15, 0.2) is 0 Å². The second-order valence-corrected chi connectivity index (χ2v) is 15.8. The zero-order valence-corrected chi connectivity index (χ0v) is 29.8. The molecule has 0 rings (SSSR count). The van der Waals surface area contributed by atoms with Crippen molar-refractivity contribution in [1.29, 1.82) is 0 Å². The Hall–Kier alpha value is -1.24. The lowest BCUT2D eigenvalue weighted by Crippen LogP contribution is -2.40. The van der Waals surface area contributed by atoms with Crippen LogP contribution in [0, 0.1) is 34.0 Å².